The van der Waals surface area contributed by atoms with Gasteiger partial charge in [-0.2, -0.15) is 0 Å². The van der Waals surface area contributed by atoms with Crippen molar-refractivity contribution in [2.75, 3.05) is 40.4 Å². The third-order valence-corrected chi connectivity index (χ3v) is 3.89. The molecule has 1 heterocycles. The number of nitrogens with zero attached hydrogens (tertiary/aromatic N) is 2. The number of piperazine rings is 1. The first-order chi connectivity index (χ1) is 10.1. The molecule has 114 valence electrons. The summed E-state index contributed by atoms with van der Waals surface area (Å²) in [6.45, 7) is 1.90. The standard InChI is InChI=1S/C14H17BrN2O4/c1-20-12-9-10(15)3-4-11(12)13(18)16-5-7-17(8-6-16)14(19)21-2/h3-4,9H,5-8H2,1-2H3. The van der Waals surface area contributed by atoms with Crippen LogP contribution >= 0.6 is 15.9 Å². The summed E-state index contributed by atoms with van der Waals surface area (Å²) in [5, 5.41) is 0. The van der Waals surface area contributed by atoms with Crippen LogP contribution in [-0.4, -0.2) is 62.2 Å². The highest BCUT2D eigenvalue weighted by atomic mass is 79.9. The molecular weight excluding hydrogens is 340 g/mol. The van der Waals surface area contributed by atoms with E-state index < -0.39 is 0 Å². The van der Waals surface area contributed by atoms with E-state index in [0.29, 0.717) is 37.5 Å². The fourth-order valence-electron chi connectivity index (χ4n) is 2.23. The average Bonchev–Trinajstić information content (AvgIpc) is 2.53. The Hall–Kier alpha value is -1.76. The van der Waals surface area contributed by atoms with Crippen molar-refractivity contribution in [2.24, 2.45) is 0 Å². The number of rotatable bonds is 2. The summed E-state index contributed by atoms with van der Waals surface area (Å²) >= 11 is 3.35. The van der Waals surface area contributed by atoms with Crippen LogP contribution in [0.25, 0.3) is 0 Å². The van der Waals surface area contributed by atoms with Gasteiger partial charge in [0.2, 0.25) is 0 Å². The SMILES string of the molecule is COC(=O)N1CCN(C(=O)c2ccc(Br)cc2OC)CC1. The summed E-state index contributed by atoms with van der Waals surface area (Å²) in [4.78, 5) is 27.3. The van der Waals surface area contributed by atoms with E-state index in [0.717, 1.165) is 4.47 Å². The van der Waals surface area contributed by atoms with Gasteiger partial charge in [0.15, 0.2) is 0 Å². The summed E-state index contributed by atoms with van der Waals surface area (Å²) in [7, 11) is 2.89. The molecule has 0 unspecified atom stereocenters. The molecule has 1 fully saturated rings. The Kier molecular flexibility index (Phi) is 5.06. The third kappa shape index (κ3) is 3.47. The first-order valence-electron chi connectivity index (χ1n) is 6.52. The maximum Gasteiger partial charge on any atom is 0.409 e. The molecule has 0 spiro atoms. The van der Waals surface area contributed by atoms with Gasteiger partial charge in [0.05, 0.1) is 19.8 Å². The van der Waals surface area contributed by atoms with Gasteiger partial charge >= 0.3 is 6.09 Å². The average molecular weight is 357 g/mol. The Bertz CT molecular complexity index is 542. The van der Waals surface area contributed by atoms with Crippen molar-refractivity contribution in [3.05, 3.63) is 28.2 Å². The van der Waals surface area contributed by atoms with Gasteiger partial charge in [0, 0.05) is 30.7 Å². The van der Waals surface area contributed by atoms with Crippen molar-refractivity contribution in [1.29, 1.82) is 0 Å². The van der Waals surface area contributed by atoms with Gasteiger partial charge in [-0.05, 0) is 18.2 Å². The van der Waals surface area contributed by atoms with Crippen LogP contribution in [0.15, 0.2) is 22.7 Å². The number of halogens is 1. The highest BCUT2D eigenvalue weighted by Gasteiger charge is 2.26. The Morgan fingerprint density at radius 3 is 2.29 bits per heavy atom. The number of benzene rings is 1. The summed E-state index contributed by atoms with van der Waals surface area (Å²) in [6.07, 6.45) is -0.358. The molecule has 1 aliphatic heterocycles. The van der Waals surface area contributed by atoms with Gasteiger partial charge in [0.25, 0.3) is 5.91 Å². The second-order valence-corrected chi connectivity index (χ2v) is 5.51. The number of hydrogen-bond acceptors (Lipinski definition) is 4. The van der Waals surface area contributed by atoms with E-state index in [4.69, 9.17) is 4.74 Å². The van der Waals surface area contributed by atoms with Gasteiger partial charge < -0.3 is 19.3 Å². The normalized spacial score (nSPS) is 14.8. The molecule has 1 aromatic carbocycles. The Labute approximate surface area is 131 Å². The molecule has 2 rings (SSSR count). The van der Waals surface area contributed by atoms with E-state index in [1.807, 2.05) is 0 Å². The summed E-state index contributed by atoms with van der Waals surface area (Å²) in [5.74, 6) is 0.439. The van der Waals surface area contributed by atoms with Crippen LogP contribution in [0.1, 0.15) is 10.4 Å². The molecular formula is C14H17BrN2O4. The van der Waals surface area contributed by atoms with E-state index in [2.05, 4.69) is 20.7 Å². The molecule has 0 bridgehead atoms. The van der Waals surface area contributed by atoms with Crippen LogP contribution in [0.3, 0.4) is 0 Å². The number of hydrogen-bond donors (Lipinski definition) is 0. The molecule has 1 aromatic rings. The topological polar surface area (TPSA) is 59.1 Å². The minimum absolute atomic E-state index is 0.0936. The van der Waals surface area contributed by atoms with Gasteiger partial charge in [-0.25, -0.2) is 4.79 Å². The van der Waals surface area contributed by atoms with Crippen LogP contribution in [0.2, 0.25) is 0 Å². The molecule has 0 saturated carbocycles. The molecule has 2 amide bonds. The third-order valence-electron chi connectivity index (χ3n) is 3.39. The minimum Gasteiger partial charge on any atom is -0.496 e. The lowest BCUT2D eigenvalue weighted by Crippen LogP contribution is -2.50. The lowest BCUT2D eigenvalue weighted by Gasteiger charge is -2.34. The van der Waals surface area contributed by atoms with Crippen LogP contribution in [0.4, 0.5) is 4.79 Å². The smallest absolute Gasteiger partial charge is 0.409 e. The highest BCUT2D eigenvalue weighted by molar-refractivity contribution is 9.10. The number of carbonyl (C=O) groups excluding carboxylic acids is 2. The maximum atomic E-state index is 12.5. The Morgan fingerprint density at radius 1 is 1.10 bits per heavy atom. The molecule has 0 radical (unpaired) electrons. The van der Waals surface area contributed by atoms with Crippen LogP contribution in [-0.2, 0) is 4.74 Å². The Morgan fingerprint density at radius 2 is 1.71 bits per heavy atom. The van der Waals surface area contributed by atoms with Crippen molar-refractivity contribution >= 4 is 27.9 Å². The Balaban J connectivity index is 2.07. The van der Waals surface area contributed by atoms with E-state index in [-0.39, 0.29) is 12.0 Å². The summed E-state index contributed by atoms with van der Waals surface area (Å²) in [5.41, 5.74) is 0.521. The van der Waals surface area contributed by atoms with Gasteiger partial charge in [-0.15, -0.1) is 0 Å². The second-order valence-electron chi connectivity index (χ2n) is 4.59. The van der Waals surface area contributed by atoms with Crippen LogP contribution < -0.4 is 4.74 Å². The zero-order valence-corrected chi connectivity index (χ0v) is 13.6. The van der Waals surface area contributed by atoms with Crippen LogP contribution in [0, 0.1) is 0 Å². The van der Waals surface area contributed by atoms with Gasteiger partial charge in [-0.1, -0.05) is 15.9 Å². The number of ether oxygens (including phenoxy) is 2. The maximum absolute atomic E-state index is 12.5. The molecule has 7 heteroatoms. The molecule has 1 saturated heterocycles. The van der Waals surface area contributed by atoms with Gasteiger partial charge in [-0.3, -0.25) is 4.79 Å². The summed E-state index contributed by atoms with van der Waals surface area (Å²) < 4.78 is 10.8. The predicted molar refractivity (Wildman–Crippen MR) is 80.6 cm³/mol. The molecule has 0 aromatic heterocycles. The lowest BCUT2D eigenvalue weighted by atomic mass is 10.1. The molecule has 0 N–H and O–H groups in total. The monoisotopic (exact) mass is 356 g/mol. The van der Waals surface area contributed by atoms with E-state index >= 15 is 0 Å². The molecule has 0 aliphatic carbocycles. The fraction of sp³-hybridized carbons (Fsp3) is 0.429. The first-order valence-corrected chi connectivity index (χ1v) is 7.32. The zero-order valence-electron chi connectivity index (χ0n) is 12.0. The summed E-state index contributed by atoms with van der Waals surface area (Å²) in [6, 6.07) is 5.30. The van der Waals surface area contributed by atoms with E-state index in [1.165, 1.54) is 14.2 Å². The fourth-order valence-corrected chi connectivity index (χ4v) is 2.57. The zero-order chi connectivity index (χ0) is 15.4. The molecule has 0 atom stereocenters. The van der Waals surface area contributed by atoms with E-state index in [1.54, 1.807) is 28.0 Å². The largest absolute Gasteiger partial charge is 0.496 e. The van der Waals surface area contributed by atoms with E-state index in [9.17, 15) is 9.59 Å². The minimum atomic E-state index is -0.358. The van der Waals surface area contributed by atoms with Crippen molar-refractivity contribution in [3.8, 4) is 5.75 Å². The van der Waals surface area contributed by atoms with Crippen LogP contribution in [0.5, 0.6) is 5.75 Å². The first kappa shape index (κ1) is 15.6. The quantitative estimate of drug-likeness (QED) is 0.812. The van der Waals surface area contributed by atoms with Gasteiger partial charge in [0.1, 0.15) is 5.75 Å². The predicted octanol–water partition coefficient (Wildman–Crippen LogP) is 1.98. The molecule has 21 heavy (non-hydrogen) atoms. The van der Waals surface area contributed by atoms with Crippen molar-refractivity contribution in [1.82, 2.24) is 9.80 Å². The molecule has 1 aliphatic rings. The number of carbonyl (C=O) groups is 2. The highest BCUT2D eigenvalue weighted by Crippen LogP contribution is 2.25. The number of amides is 2. The number of methoxy groups -OCH3 is 2. The van der Waals surface area contributed by atoms with Crippen molar-refractivity contribution < 1.29 is 19.1 Å². The van der Waals surface area contributed by atoms with Crippen molar-refractivity contribution in [3.63, 3.8) is 0 Å². The lowest BCUT2D eigenvalue weighted by molar-refractivity contribution is 0.0597. The molecule has 6 nitrogen and oxygen atoms in total. The van der Waals surface area contributed by atoms with Crippen molar-refractivity contribution in [2.45, 2.75) is 0 Å². The second kappa shape index (κ2) is 6.80.